The summed E-state index contributed by atoms with van der Waals surface area (Å²) in [4.78, 5) is 11.1. The van der Waals surface area contributed by atoms with Gasteiger partial charge in [-0.2, -0.15) is 0 Å². The average molecular weight is 304 g/mol. The molecule has 1 aromatic rings. The summed E-state index contributed by atoms with van der Waals surface area (Å²) in [6.07, 6.45) is 0. The van der Waals surface area contributed by atoms with Crippen LogP contribution in [-0.2, 0) is 4.79 Å². The van der Waals surface area contributed by atoms with Crippen LogP contribution in [0.15, 0.2) is 16.6 Å². The van der Waals surface area contributed by atoms with Gasteiger partial charge in [-0.05, 0) is 27.6 Å². The van der Waals surface area contributed by atoms with Gasteiger partial charge in [-0.1, -0.05) is 6.07 Å². The third kappa shape index (κ3) is 2.70. The van der Waals surface area contributed by atoms with Crippen LogP contribution in [0.5, 0.6) is 11.5 Å². The van der Waals surface area contributed by atoms with Gasteiger partial charge in [0.1, 0.15) is 0 Å². The summed E-state index contributed by atoms with van der Waals surface area (Å²) in [5.74, 6) is -0.751. The molecule has 0 aromatic heterocycles. The quantitative estimate of drug-likeness (QED) is 0.863. The molecule has 1 atom stereocenters. The molecule has 3 N–H and O–H groups in total. The molecule has 94 valence electrons. The molecule has 1 unspecified atom stereocenters. The number of methoxy groups -OCH3 is 2. The van der Waals surface area contributed by atoms with E-state index >= 15 is 0 Å². The zero-order valence-corrected chi connectivity index (χ0v) is 11.2. The van der Waals surface area contributed by atoms with Gasteiger partial charge >= 0.3 is 5.97 Å². The largest absolute Gasteiger partial charge is 0.493 e. The first kappa shape index (κ1) is 13.8. The van der Waals surface area contributed by atoms with E-state index in [1.54, 1.807) is 12.1 Å². The van der Waals surface area contributed by atoms with Gasteiger partial charge in [-0.25, -0.2) is 0 Å². The highest BCUT2D eigenvalue weighted by Crippen LogP contribution is 2.40. The summed E-state index contributed by atoms with van der Waals surface area (Å²) in [5, 5.41) is 9.07. The Morgan fingerprint density at radius 1 is 1.47 bits per heavy atom. The number of hydrogen-bond donors (Lipinski definition) is 2. The molecule has 0 aliphatic carbocycles. The van der Waals surface area contributed by atoms with E-state index in [4.69, 9.17) is 20.3 Å². The number of hydrogen-bond acceptors (Lipinski definition) is 4. The summed E-state index contributed by atoms with van der Waals surface area (Å²) in [5.41, 5.74) is 6.03. The summed E-state index contributed by atoms with van der Waals surface area (Å²) in [6.45, 7) is 0.0173. The van der Waals surface area contributed by atoms with Gasteiger partial charge in [-0.15, -0.1) is 0 Å². The van der Waals surface area contributed by atoms with Crippen LogP contribution in [0.4, 0.5) is 0 Å². The predicted octanol–water partition coefficient (Wildman–Crippen LogP) is 1.59. The van der Waals surface area contributed by atoms with Crippen LogP contribution in [0.2, 0.25) is 0 Å². The minimum Gasteiger partial charge on any atom is -0.493 e. The van der Waals surface area contributed by atoms with Gasteiger partial charge < -0.3 is 20.3 Å². The Hall–Kier alpha value is -1.27. The predicted molar refractivity (Wildman–Crippen MR) is 66.7 cm³/mol. The fraction of sp³-hybridized carbons (Fsp3) is 0.364. The lowest BCUT2D eigenvalue weighted by atomic mass is 9.99. The van der Waals surface area contributed by atoms with Crippen molar-refractivity contribution in [3.63, 3.8) is 0 Å². The minimum absolute atomic E-state index is 0.0173. The number of nitrogens with two attached hydrogens (primary N) is 1. The fourth-order valence-electron chi connectivity index (χ4n) is 1.53. The van der Waals surface area contributed by atoms with Crippen LogP contribution in [0.25, 0.3) is 0 Å². The SMILES string of the molecule is COc1ccc(C(CN)C(=O)O)c(Br)c1OC. The van der Waals surface area contributed by atoms with Gasteiger partial charge in [0.05, 0.1) is 24.6 Å². The Labute approximate surface area is 108 Å². The van der Waals surface area contributed by atoms with Crippen molar-refractivity contribution in [3.8, 4) is 11.5 Å². The molecular formula is C11H14BrNO4. The second-order valence-corrected chi connectivity index (χ2v) is 4.12. The zero-order valence-electron chi connectivity index (χ0n) is 9.57. The first-order chi connectivity index (χ1) is 8.06. The highest BCUT2D eigenvalue weighted by atomic mass is 79.9. The lowest BCUT2D eigenvalue weighted by Crippen LogP contribution is -2.21. The molecule has 0 fully saturated rings. The first-order valence-electron chi connectivity index (χ1n) is 4.90. The van der Waals surface area contributed by atoms with Crippen molar-refractivity contribution in [1.82, 2.24) is 0 Å². The van der Waals surface area contributed by atoms with Crippen LogP contribution in [0, 0.1) is 0 Å². The second kappa shape index (κ2) is 5.88. The number of carboxylic acid groups (broad SMARTS) is 1. The Kier molecular flexibility index (Phi) is 4.77. The van der Waals surface area contributed by atoms with Gasteiger partial charge in [0.25, 0.3) is 0 Å². The number of aliphatic carboxylic acids is 1. The molecule has 0 bridgehead atoms. The lowest BCUT2D eigenvalue weighted by Gasteiger charge is -2.16. The van der Waals surface area contributed by atoms with E-state index in [1.807, 2.05) is 0 Å². The lowest BCUT2D eigenvalue weighted by molar-refractivity contribution is -0.138. The molecule has 1 rings (SSSR count). The van der Waals surface area contributed by atoms with Crippen molar-refractivity contribution in [3.05, 3.63) is 22.2 Å². The molecule has 0 saturated heterocycles. The van der Waals surface area contributed by atoms with Crippen molar-refractivity contribution in [2.45, 2.75) is 5.92 Å². The molecule has 0 saturated carbocycles. The standard InChI is InChI=1S/C11H14BrNO4/c1-16-8-4-3-6(7(5-13)11(14)15)9(12)10(8)17-2/h3-4,7H,5,13H2,1-2H3,(H,14,15). The van der Waals surface area contributed by atoms with E-state index < -0.39 is 11.9 Å². The molecule has 17 heavy (non-hydrogen) atoms. The van der Waals surface area contributed by atoms with E-state index in [2.05, 4.69) is 15.9 Å². The van der Waals surface area contributed by atoms with Crippen LogP contribution in [0.3, 0.4) is 0 Å². The number of ether oxygens (including phenoxy) is 2. The van der Waals surface area contributed by atoms with Crippen LogP contribution in [0.1, 0.15) is 11.5 Å². The summed E-state index contributed by atoms with van der Waals surface area (Å²) in [7, 11) is 3.01. The Morgan fingerprint density at radius 3 is 2.53 bits per heavy atom. The third-order valence-electron chi connectivity index (χ3n) is 2.42. The second-order valence-electron chi connectivity index (χ2n) is 3.33. The van der Waals surface area contributed by atoms with Crippen molar-refractivity contribution < 1.29 is 19.4 Å². The van der Waals surface area contributed by atoms with Crippen LogP contribution >= 0.6 is 15.9 Å². The van der Waals surface area contributed by atoms with Crippen molar-refractivity contribution in [1.29, 1.82) is 0 Å². The van der Waals surface area contributed by atoms with Crippen molar-refractivity contribution in [2.75, 3.05) is 20.8 Å². The highest BCUT2D eigenvalue weighted by Gasteiger charge is 2.24. The molecule has 0 aliphatic heterocycles. The summed E-state index contributed by atoms with van der Waals surface area (Å²) < 4.78 is 10.8. The Bertz CT molecular complexity index is 422. The number of rotatable bonds is 5. The van der Waals surface area contributed by atoms with Crippen molar-refractivity contribution >= 4 is 21.9 Å². The summed E-state index contributed by atoms with van der Waals surface area (Å²) in [6, 6.07) is 3.32. The summed E-state index contributed by atoms with van der Waals surface area (Å²) >= 11 is 3.32. The topological polar surface area (TPSA) is 81.8 Å². The first-order valence-corrected chi connectivity index (χ1v) is 5.69. The molecule has 0 aliphatic rings. The zero-order chi connectivity index (χ0) is 13.0. The highest BCUT2D eigenvalue weighted by molar-refractivity contribution is 9.10. The molecule has 0 heterocycles. The minimum atomic E-state index is -0.972. The van der Waals surface area contributed by atoms with Gasteiger partial charge in [0, 0.05) is 6.54 Å². The van der Waals surface area contributed by atoms with E-state index in [9.17, 15) is 4.79 Å². The number of halogens is 1. The molecule has 5 nitrogen and oxygen atoms in total. The van der Waals surface area contributed by atoms with Crippen LogP contribution < -0.4 is 15.2 Å². The molecule has 1 aromatic carbocycles. The van der Waals surface area contributed by atoms with Gasteiger partial charge in [-0.3, -0.25) is 4.79 Å². The molecule has 6 heteroatoms. The molecule has 0 spiro atoms. The molecule has 0 radical (unpaired) electrons. The van der Waals surface area contributed by atoms with Crippen LogP contribution in [-0.4, -0.2) is 31.8 Å². The maximum Gasteiger partial charge on any atom is 0.312 e. The Balaban J connectivity index is 3.31. The van der Waals surface area contributed by atoms with E-state index in [1.165, 1.54) is 14.2 Å². The number of carbonyl (C=O) groups is 1. The third-order valence-corrected chi connectivity index (χ3v) is 3.24. The molecular weight excluding hydrogens is 290 g/mol. The van der Waals surface area contributed by atoms with E-state index in [0.717, 1.165) is 0 Å². The van der Waals surface area contributed by atoms with E-state index in [0.29, 0.717) is 21.5 Å². The number of benzene rings is 1. The maximum atomic E-state index is 11.1. The fourth-order valence-corrected chi connectivity index (χ4v) is 2.30. The Morgan fingerprint density at radius 2 is 2.12 bits per heavy atom. The normalized spacial score (nSPS) is 12.0. The smallest absolute Gasteiger partial charge is 0.312 e. The van der Waals surface area contributed by atoms with E-state index in [-0.39, 0.29) is 6.54 Å². The average Bonchev–Trinajstić information content (AvgIpc) is 2.31. The van der Waals surface area contributed by atoms with Crippen molar-refractivity contribution in [2.24, 2.45) is 5.73 Å². The monoisotopic (exact) mass is 303 g/mol. The van der Waals surface area contributed by atoms with Gasteiger partial charge in [0.2, 0.25) is 0 Å². The number of carboxylic acids is 1. The maximum absolute atomic E-state index is 11.1. The molecule has 0 amide bonds. The van der Waals surface area contributed by atoms with Gasteiger partial charge in [0.15, 0.2) is 11.5 Å².